The first-order chi connectivity index (χ1) is 9.01. The monoisotopic (exact) mass is 331 g/mol. The van der Waals surface area contributed by atoms with Gasteiger partial charge in [-0.3, -0.25) is 0 Å². The summed E-state index contributed by atoms with van der Waals surface area (Å²) in [7, 11) is 0. The Balaban J connectivity index is 3.09. The normalized spacial score (nSPS) is 13.3. The molecule has 0 fully saturated rings. The molecular formula is C11H11BrFN3O3. The van der Waals surface area contributed by atoms with Crippen LogP contribution in [0.2, 0.25) is 0 Å². The van der Waals surface area contributed by atoms with E-state index < -0.39 is 23.9 Å². The van der Waals surface area contributed by atoms with Gasteiger partial charge in [0.1, 0.15) is 5.82 Å². The number of carbonyl (C=O) groups excluding carboxylic acids is 1. The van der Waals surface area contributed by atoms with Crippen molar-refractivity contribution in [2.75, 3.05) is 6.61 Å². The highest BCUT2D eigenvalue weighted by Crippen LogP contribution is 2.27. The number of halogens is 2. The Morgan fingerprint density at radius 2 is 2.37 bits per heavy atom. The van der Waals surface area contributed by atoms with Gasteiger partial charge in [-0.05, 0) is 46.1 Å². The lowest BCUT2D eigenvalue weighted by Gasteiger charge is -2.17. The van der Waals surface area contributed by atoms with Gasteiger partial charge in [0.05, 0.1) is 17.1 Å². The van der Waals surface area contributed by atoms with Gasteiger partial charge >= 0.3 is 5.97 Å². The third-order valence-electron chi connectivity index (χ3n) is 2.29. The van der Waals surface area contributed by atoms with Crippen molar-refractivity contribution in [1.82, 2.24) is 0 Å². The molecule has 0 spiro atoms. The zero-order valence-electron chi connectivity index (χ0n) is 9.96. The zero-order chi connectivity index (χ0) is 14.4. The van der Waals surface area contributed by atoms with Crippen LogP contribution in [0.4, 0.5) is 4.39 Å². The topological polar surface area (TPSA) is 95.3 Å². The molecule has 0 amide bonds. The van der Waals surface area contributed by atoms with Crippen LogP contribution in [0.25, 0.3) is 10.4 Å². The minimum Gasteiger partial charge on any atom is -0.464 e. The second kappa shape index (κ2) is 7.08. The van der Waals surface area contributed by atoms with Crippen molar-refractivity contribution in [2.24, 2.45) is 5.11 Å². The van der Waals surface area contributed by atoms with E-state index >= 15 is 0 Å². The minimum atomic E-state index is -1.65. The maximum atomic E-state index is 13.1. The quantitative estimate of drug-likeness (QED) is 0.389. The Hall–Kier alpha value is -1.63. The lowest BCUT2D eigenvalue weighted by atomic mass is 10.0. The van der Waals surface area contributed by atoms with Crippen molar-refractivity contribution in [3.05, 3.63) is 44.5 Å². The molecule has 0 aliphatic carbocycles. The third-order valence-corrected chi connectivity index (χ3v) is 2.90. The van der Waals surface area contributed by atoms with Crippen LogP contribution in [-0.2, 0) is 9.53 Å². The second-order valence-electron chi connectivity index (χ2n) is 3.52. The molecule has 0 radical (unpaired) electrons. The molecule has 1 aromatic rings. The molecule has 8 heteroatoms. The number of aliphatic hydroxyl groups excluding tert-OH is 1. The van der Waals surface area contributed by atoms with Crippen LogP contribution >= 0.6 is 15.9 Å². The highest BCUT2D eigenvalue weighted by molar-refractivity contribution is 9.10. The standard InChI is InChI=1S/C11H11BrFN3O3/c1-2-19-11(18)10(17)9(15-16-14)6-3-4-8(13)7(12)5-6/h3-5,9-10,17H,2H2,1H3. The lowest BCUT2D eigenvalue weighted by Crippen LogP contribution is -2.29. The molecule has 6 nitrogen and oxygen atoms in total. The molecule has 0 saturated heterocycles. The van der Waals surface area contributed by atoms with Crippen molar-refractivity contribution in [1.29, 1.82) is 0 Å². The smallest absolute Gasteiger partial charge is 0.335 e. The van der Waals surface area contributed by atoms with E-state index in [0.717, 1.165) is 6.07 Å². The molecule has 1 rings (SSSR count). The molecule has 2 atom stereocenters. The predicted octanol–water partition coefficient (Wildman–Crippen LogP) is 2.86. The summed E-state index contributed by atoms with van der Waals surface area (Å²) in [5.41, 5.74) is 8.79. The van der Waals surface area contributed by atoms with E-state index in [1.165, 1.54) is 12.1 Å². The maximum Gasteiger partial charge on any atom is 0.335 e. The molecule has 1 N–H and O–H groups in total. The Morgan fingerprint density at radius 3 is 2.89 bits per heavy atom. The average Bonchev–Trinajstić information content (AvgIpc) is 2.39. The number of nitrogens with zero attached hydrogens (tertiary/aromatic N) is 3. The van der Waals surface area contributed by atoms with Crippen LogP contribution in [0.5, 0.6) is 0 Å². The molecule has 0 aromatic heterocycles. The highest BCUT2D eigenvalue weighted by atomic mass is 79.9. The van der Waals surface area contributed by atoms with Crippen molar-refractivity contribution in [3.8, 4) is 0 Å². The molecule has 0 heterocycles. The lowest BCUT2D eigenvalue weighted by molar-refractivity contribution is -0.154. The molecule has 0 bridgehead atoms. The molecule has 0 aliphatic heterocycles. The van der Waals surface area contributed by atoms with Gasteiger partial charge in [0.25, 0.3) is 0 Å². The number of hydrogen-bond acceptors (Lipinski definition) is 4. The van der Waals surface area contributed by atoms with E-state index in [1.54, 1.807) is 6.92 Å². The fourth-order valence-corrected chi connectivity index (χ4v) is 1.82. The number of benzene rings is 1. The summed E-state index contributed by atoms with van der Waals surface area (Å²) in [5, 5.41) is 13.2. The van der Waals surface area contributed by atoms with Crippen LogP contribution in [0.15, 0.2) is 27.8 Å². The SMILES string of the molecule is CCOC(=O)C(O)C(N=[N+]=[N-])c1ccc(F)c(Br)c1. The summed E-state index contributed by atoms with van der Waals surface area (Å²) in [5.74, 6) is -1.41. The first-order valence-electron chi connectivity index (χ1n) is 5.35. The van der Waals surface area contributed by atoms with Gasteiger partial charge in [0.15, 0.2) is 6.10 Å². The highest BCUT2D eigenvalue weighted by Gasteiger charge is 2.28. The summed E-state index contributed by atoms with van der Waals surface area (Å²) in [4.78, 5) is 14.0. The van der Waals surface area contributed by atoms with Crippen LogP contribution < -0.4 is 0 Å². The number of esters is 1. The second-order valence-corrected chi connectivity index (χ2v) is 4.37. The van der Waals surface area contributed by atoms with Gasteiger partial charge in [0, 0.05) is 4.91 Å². The number of carbonyl (C=O) groups is 1. The van der Waals surface area contributed by atoms with Crippen molar-refractivity contribution >= 4 is 21.9 Å². The van der Waals surface area contributed by atoms with Gasteiger partial charge in [0.2, 0.25) is 0 Å². The van der Waals surface area contributed by atoms with Gasteiger partial charge in [-0.25, -0.2) is 9.18 Å². The van der Waals surface area contributed by atoms with E-state index in [2.05, 4.69) is 30.7 Å². The van der Waals surface area contributed by atoms with Gasteiger partial charge < -0.3 is 9.84 Å². The number of aliphatic hydroxyl groups is 1. The summed E-state index contributed by atoms with van der Waals surface area (Å²) in [6, 6.07) is 2.61. The van der Waals surface area contributed by atoms with Gasteiger partial charge in [-0.15, -0.1) is 0 Å². The third kappa shape index (κ3) is 3.92. The summed E-state index contributed by atoms with van der Waals surface area (Å²) in [6.45, 7) is 1.67. The fourth-order valence-electron chi connectivity index (χ4n) is 1.42. The molecule has 0 aliphatic rings. The Morgan fingerprint density at radius 1 is 1.68 bits per heavy atom. The number of hydrogen-bond donors (Lipinski definition) is 1. The first kappa shape index (κ1) is 15.4. The van der Waals surface area contributed by atoms with E-state index in [0.29, 0.717) is 5.56 Å². The largest absolute Gasteiger partial charge is 0.464 e. The number of ether oxygens (including phenoxy) is 1. The molecular weight excluding hydrogens is 321 g/mol. The number of azide groups is 1. The first-order valence-corrected chi connectivity index (χ1v) is 6.14. The molecule has 2 unspecified atom stereocenters. The van der Waals surface area contributed by atoms with E-state index in [1.807, 2.05) is 0 Å². The maximum absolute atomic E-state index is 13.1. The average molecular weight is 332 g/mol. The predicted molar refractivity (Wildman–Crippen MR) is 68.6 cm³/mol. The van der Waals surface area contributed by atoms with Crippen molar-refractivity contribution < 1.29 is 19.0 Å². The fraction of sp³-hybridized carbons (Fsp3) is 0.364. The van der Waals surface area contributed by atoms with Gasteiger partial charge in [-0.2, -0.15) is 0 Å². The summed E-state index contributed by atoms with van der Waals surface area (Å²) >= 11 is 2.97. The van der Waals surface area contributed by atoms with Crippen molar-refractivity contribution in [2.45, 2.75) is 19.1 Å². The Labute approximate surface area is 116 Å². The Bertz CT molecular complexity index is 520. The molecule has 19 heavy (non-hydrogen) atoms. The number of rotatable bonds is 5. The van der Waals surface area contributed by atoms with Crippen molar-refractivity contribution in [3.63, 3.8) is 0 Å². The summed E-state index contributed by atoms with van der Waals surface area (Å²) in [6.07, 6.45) is -1.65. The zero-order valence-corrected chi connectivity index (χ0v) is 11.5. The molecule has 102 valence electrons. The van der Waals surface area contributed by atoms with E-state index in [9.17, 15) is 14.3 Å². The van der Waals surface area contributed by atoms with E-state index in [-0.39, 0.29) is 11.1 Å². The Kier molecular flexibility index (Phi) is 5.75. The van der Waals surface area contributed by atoms with E-state index in [4.69, 9.17) is 5.53 Å². The summed E-state index contributed by atoms with van der Waals surface area (Å²) < 4.78 is 17.9. The minimum absolute atomic E-state index is 0.0893. The van der Waals surface area contributed by atoms with Crippen LogP contribution in [0.3, 0.4) is 0 Å². The van der Waals surface area contributed by atoms with Crippen LogP contribution in [0, 0.1) is 5.82 Å². The van der Waals surface area contributed by atoms with Crippen LogP contribution in [-0.4, -0.2) is 23.8 Å². The molecule has 0 saturated carbocycles. The molecule has 1 aromatic carbocycles. The van der Waals surface area contributed by atoms with Crippen LogP contribution in [0.1, 0.15) is 18.5 Å². The van der Waals surface area contributed by atoms with Gasteiger partial charge in [-0.1, -0.05) is 11.2 Å².